The van der Waals surface area contributed by atoms with Crippen LogP contribution in [0.3, 0.4) is 0 Å². The number of esters is 1. The topological polar surface area (TPSA) is 136 Å². The summed E-state index contributed by atoms with van der Waals surface area (Å²) in [6.07, 6.45) is -1.61. The fraction of sp³-hybridized carbons (Fsp3) is 0.278. The molecule has 0 fully saturated rings. The van der Waals surface area contributed by atoms with Crippen LogP contribution in [0.25, 0.3) is 0 Å². The highest BCUT2D eigenvalue weighted by molar-refractivity contribution is 7.89. The van der Waals surface area contributed by atoms with Crippen LogP contribution < -0.4 is 4.72 Å². The number of sulfonamides is 1. The number of aliphatic hydroxyl groups is 1. The zero-order valence-corrected chi connectivity index (χ0v) is 16.0. The normalized spacial score (nSPS) is 13.5. The average molecular weight is 408 g/mol. The monoisotopic (exact) mass is 408 g/mol. The Morgan fingerprint density at radius 1 is 1.18 bits per heavy atom. The molecule has 2 N–H and O–H groups in total. The summed E-state index contributed by atoms with van der Waals surface area (Å²) in [5.74, 6) is -0.968. The summed E-state index contributed by atoms with van der Waals surface area (Å²) in [5.41, 5.74) is 0.769. The first-order valence-corrected chi connectivity index (χ1v) is 9.82. The van der Waals surface area contributed by atoms with Gasteiger partial charge < -0.3 is 9.84 Å². The van der Waals surface area contributed by atoms with Crippen LogP contribution in [0, 0.1) is 17.0 Å². The van der Waals surface area contributed by atoms with E-state index in [1.54, 1.807) is 26.0 Å². The number of aliphatic hydroxyl groups excluding tert-OH is 1. The Hall–Kier alpha value is -2.82. The average Bonchev–Trinajstić information content (AvgIpc) is 2.66. The number of hydrogen-bond donors (Lipinski definition) is 2. The fourth-order valence-corrected chi connectivity index (χ4v) is 3.60. The molecule has 0 aliphatic heterocycles. The largest absolute Gasteiger partial charge is 0.465 e. The molecule has 0 spiro atoms. The van der Waals surface area contributed by atoms with E-state index in [2.05, 4.69) is 4.72 Å². The Bertz CT molecular complexity index is 941. The second-order valence-electron chi connectivity index (χ2n) is 5.96. The summed E-state index contributed by atoms with van der Waals surface area (Å²) in [5, 5.41) is 21.3. The first-order chi connectivity index (χ1) is 13.2. The molecular formula is C18H20N2O7S. The van der Waals surface area contributed by atoms with Crippen molar-refractivity contribution in [2.45, 2.75) is 30.9 Å². The van der Waals surface area contributed by atoms with Gasteiger partial charge >= 0.3 is 5.97 Å². The van der Waals surface area contributed by atoms with Crippen molar-refractivity contribution in [1.82, 2.24) is 4.72 Å². The third-order valence-corrected chi connectivity index (χ3v) is 5.37. The highest BCUT2D eigenvalue weighted by Gasteiger charge is 2.34. The van der Waals surface area contributed by atoms with Gasteiger partial charge in [0, 0.05) is 12.1 Å². The van der Waals surface area contributed by atoms with Gasteiger partial charge in [0.25, 0.3) is 5.69 Å². The van der Waals surface area contributed by atoms with Gasteiger partial charge in [-0.2, -0.15) is 4.72 Å². The lowest BCUT2D eigenvalue weighted by Gasteiger charge is -2.22. The molecule has 0 aliphatic rings. The molecule has 2 rings (SSSR count). The number of nitrogens with one attached hydrogen (secondary N) is 1. The molecule has 2 aromatic carbocycles. The molecule has 0 unspecified atom stereocenters. The van der Waals surface area contributed by atoms with E-state index < -0.39 is 33.1 Å². The van der Waals surface area contributed by atoms with E-state index in [0.29, 0.717) is 0 Å². The van der Waals surface area contributed by atoms with Crippen LogP contribution in [0.5, 0.6) is 0 Å². The maximum atomic E-state index is 12.6. The highest BCUT2D eigenvalue weighted by atomic mass is 32.2. The lowest BCUT2D eigenvalue weighted by Crippen LogP contribution is -2.45. The van der Waals surface area contributed by atoms with Crippen LogP contribution in [-0.4, -0.2) is 37.1 Å². The molecule has 2 atom stereocenters. The van der Waals surface area contributed by atoms with Crippen molar-refractivity contribution in [2.75, 3.05) is 6.61 Å². The number of carbonyl (C=O) groups is 1. The molecule has 0 aliphatic carbocycles. The van der Waals surface area contributed by atoms with Gasteiger partial charge in [-0.3, -0.25) is 14.9 Å². The zero-order valence-electron chi connectivity index (χ0n) is 15.2. The molecule has 150 valence electrons. The highest BCUT2D eigenvalue weighted by Crippen LogP contribution is 2.23. The van der Waals surface area contributed by atoms with E-state index in [-0.39, 0.29) is 22.8 Å². The number of ether oxygens (including phenoxy) is 1. The van der Waals surface area contributed by atoms with Crippen molar-refractivity contribution in [3.8, 4) is 0 Å². The lowest BCUT2D eigenvalue weighted by atomic mass is 10.0. The predicted octanol–water partition coefficient (Wildman–Crippen LogP) is 1.85. The number of hydrogen-bond acceptors (Lipinski definition) is 7. The van der Waals surface area contributed by atoms with E-state index >= 15 is 0 Å². The minimum atomic E-state index is -4.13. The van der Waals surface area contributed by atoms with E-state index in [9.17, 15) is 28.4 Å². The third-order valence-electron chi connectivity index (χ3n) is 3.92. The Morgan fingerprint density at radius 3 is 2.25 bits per heavy atom. The maximum Gasteiger partial charge on any atom is 0.327 e. The van der Waals surface area contributed by atoms with Crippen LogP contribution in [0.15, 0.2) is 53.4 Å². The molecule has 0 radical (unpaired) electrons. The summed E-state index contributed by atoms with van der Waals surface area (Å²) in [6, 6.07) is 9.10. The van der Waals surface area contributed by atoms with Gasteiger partial charge in [-0.25, -0.2) is 8.42 Å². The van der Waals surface area contributed by atoms with Gasteiger partial charge in [0.2, 0.25) is 10.0 Å². The number of aryl methyl sites for hydroxylation is 1. The van der Waals surface area contributed by atoms with Crippen LogP contribution in [0.1, 0.15) is 24.2 Å². The van der Waals surface area contributed by atoms with Gasteiger partial charge in [-0.15, -0.1) is 0 Å². The van der Waals surface area contributed by atoms with E-state index in [0.717, 1.165) is 17.7 Å². The smallest absolute Gasteiger partial charge is 0.327 e. The molecule has 0 aromatic heterocycles. The van der Waals surface area contributed by atoms with Crippen LogP contribution >= 0.6 is 0 Å². The van der Waals surface area contributed by atoms with Crippen molar-refractivity contribution in [3.63, 3.8) is 0 Å². The summed E-state index contributed by atoms with van der Waals surface area (Å²) >= 11 is 0. The molecule has 2 aromatic rings. The van der Waals surface area contributed by atoms with E-state index in [1.807, 2.05) is 0 Å². The van der Waals surface area contributed by atoms with Gasteiger partial charge in [0.15, 0.2) is 0 Å². The SMILES string of the molecule is CCOC(=O)[C@@H](NS(=O)(=O)c1ccc(C)cc1)[C@@H](O)c1ccc([N+](=O)[O-])cc1. The van der Waals surface area contributed by atoms with Crippen LogP contribution in [0.2, 0.25) is 0 Å². The standard InChI is InChI=1S/C18H20N2O7S/c1-3-27-18(22)16(17(21)13-6-8-14(9-7-13)20(23)24)19-28(25,26)15-10-4-12(2)5-11-15/h4-11,16-17,19,21H,3H2,1-2H3/t16-,17-/m0/s1. The first kappa shape index (κ1) is 21.5. The molecule has 9 nitrogen and oxygen atoms in total. The molecule has 0 heterocycles. The number of nitro benzene ring substituents is 1. The van der Waals surface area contributed by atoms with Crippen molar-refractivity contribution in [1.29, 1.82) is 0 Å². The Morgan fingerprint density at radius 2 is 1.75 bits per heavy atom. The van der Waals surface area contributed by atoms with Crippen molar-refractivity contribution in [3.05, 3.63) is 69.8 Å². The minimum absolute atomic E-state index is 0.0193. The minimum Gasteiger partial charge on any atom is -0.465 e. The molecule has 10 heteroatoms. The summed E-state index contributed by atoms with van der Waals surface area (Å²) in [6.45, 7) is 3.32. The van der Waals surface area contributed by atoms with Gasteiger partial charge in [0.05, 0.1) is 16.4 Å². The summed E-state index contributed by atoms with van der Waals surface area (Å²) in [7, 11) is -4.13. The molecule has 28 heavy (non-hydrogen) atoms. The quantitative estimate of drug-likeness (QED) is 0.386. The summed E-state index contributed by atoms with van der Waals surface area (Å²) in [4.78, 5) is 22.3. The Labute approximate surface area is 162 Å². The molecule has 0 saturated carbocycles. The molecule has 0 bridgehead atoms. The zero-order chi connectivity index (χ0) is 20.9. The van der Waals surface area contributed by atoms with Crippen LogP contribution in [-0.2, 0) is 19.6 Å². The Balaban J connectivity index is 2.34. The number of rotatable bonds is 8. The van der Waals surface area contributed by atoms with Crippen LogP contribution in [0.4, 0.5) is 5.69 Å². The lowest BCUT2D eigenvalue weighted by molar-refractivity contribution is -0.384. The number of benzene rings is 2. The van der Waals surface area contributed by atoms with E-state index in [4.69, 9.17) is 4.74 Å². The van der Waals surface area contributed by atoms with E-state index in [1.165, 1.54) is 24.3 Å². The molecule has 0 amide bonds. The second kappa shape index (κ2) is 8.91. The number of nitro groups is 1. The molecular weight excluding hydrogens is 388 g/mol. The molecule has 0 saturated heterocycles. The Kier molecular flexibility index (Phi) is 6.84. The fourth-order valence-electron chi connectivity index (χ4n) is 2.41. The maximum absolute atomic E-state index is 12.6. The summed E-state index contributed by atoms with van der Waals surface area (Å²) < 4.78 is 32.3. The third kappa shape index (κ3) is 5.12. The van der Waals surface area contributed by atoms with Crippen molar-refractivity contribution in [2.24, 2.45) is 0 Å². The predicted molar refractivity (Wildman–Crippen MR) is 100.0 cm³/mol. The van der Waals surface area contributed by atoms with Crippen molar-refractivity contribution >= 4 is 21.7 Å². The number of nitrogens with zero attached hydrogens (tertiary/aromatic N) is 1. The van der Waals surface area contributed by atoms with Gasteiger partial charge in [-0.05, 0) is 43.7 Å². The van der Waals surface area contributed by atoms with Crippen molar-refractivity contribution < 1.29 is 28.0 Å². The van der Waals surface area contributed by atoms with Gasteiger partial charge in [0.1, 0.15) is 12.1 Å². The van der Waals surface area contributed by atoms with Gasteiger partial charge in [-0.1, -0.05) is 17.7 Å². The second-order valence-corrected chi connectivity index (χ2v) is 7.67. The number of carbonyl (C=O) groups excluding carboxylic acids is 1. The number of non-ortho nitro benzene ring substituents is 1. The first-order valence-electron chi connectivity index (χ1n) is 8.33.